The number of nitrogens with one attached hydrogen (secondary N) is 2. The molecule has 1 aliphatic rings. The number of rotatable bonds is 6. The molecular weight excluding hydrogens is 438 g/mol. The number of nitrogens with zero attached hydrogens (tertiary/aromatic N) is 3. The molecule has 2 heterocycles. The Morgan fingerprint density at radius 2 is 1.74 bits per heavy atom. The maximum Gasteiger partial charge on any atom is 0.251 e. The standard InChI is InChI=1S/C28H25N5O2/c1-28(2,18-29)23-8-4-7-22(16-23)27(35)31-17-26(34)33-25-10-9-24(32-25)21-6-3-5-20(15-21)19-11-13-30-14-12-19/h3-9,11-16H,10,17H2,1-2H3,(H,31,35)(H,32,33,34). The highest BCUT2D eigenvalue weighted by atomic mass is 16.2. The van der Waals surface area contributed by atoms with Crippen molar-refractivity contribution >= 4 is 23.3 Å². The number of aromatic nitrogens is 1. The molecule has 0 unspecified atom stereocenters. The molecule has 0 saturated heterocycles. The van der Waals surface area contributed by atoms with Gasteiger partial charge in [-0.3, -0.25) is 14.6 Å². The summed E-state index contributed by atoms with van der Waals surface area (Å²) in [6.07, 6.45) is 5.97. The van der Waals surface area contributed by atoms with E-state index >= 15 is 0 Å². The molecule has 4 rings (SSSR count). The molecule has 7 heteroatoms. The first-order chi connectivity index (χ1) is 16.9. The Labute approximate surface area is 204 Å². The smallest absolute Gasteiger partial charge is 0.251 e. The second kappa shape index (κ2) is 10.1. The lowest BCUT2D eigenvalue weighted by Gasteiger charge is -2.16. The molecular formula is C28H25N5O2. The number of hydrogen-bond donors (Lipinski definition) is 2. The summed E-state index contributed by atoms with van der Waals surface area (Å²) in [5, 5.41) is 14.7. The predicted octanol–water partition coefficient (Wildman–Crippen LogP) is 4.24. The number of benzene rings is 2. The number of nitriles is 1. The third kappa shape index (κ3) is 5.68. The number of amidine groups is 1. The van der Waals surface area contributed by atoms with Gasteiger partial charge in [0.25, 0.3) is 5.91 Å². The summed E-state index contributed by atoms with van der Waals surface area (Å²) >= 11 is 0. The number of amides is 2. The highest BCUT2D eigenvalue weighted by Crippen LogP contribution is 2.27. The minimum Gasteiger partial charge on any atom is -0.343 e. The van der Waals surface area contributed by atoms with Crippen LogP contribution in [0, 0.1) is 11.3 Å². The van der Waals surface area contributed by atoms with Crippen molar-refractivity contribution in [1.82, 2.24) is 15.6 Å². The molecule has 0 bridgehead atoms. The quantitative estimate of drug-likeness (QED) is 0.570. The van der Waals surface area contributed by atoms with Crippen molar-refractivity contribution in [3.8, 4) is 17.2 Å². The molecule has 2 amide bonds. The highest BCUT2D eigenvalue weighted by Gasteiger charge is 2.21. The molecule has 0 atom stereocenters. The van der Waals surface area contributed by atoms with E-state index in [1.807, 2.05) is 42.5 Å². The van der Waals surface area contributed by atoms with Crippen molar-refractivity contribution in [1.29, 1.82) is 5.26 Å². The molecule has 0 saturated carbocycles. The van der Waals surface area contributed by atoms with E-state index in [1.165, 1.54) is 0 Å². The van der Waals surface area contributed by atoms with Gasteiger partial charge >= 0.3 is 0 Å². The minimum atomic E-state index is -0.711. The van der Waals surface area contributed by atoms with Gasteiger partial charge in [0.15, 0.2) is 0 Å². The van der Waals surface area contributed by atoms with Gasteiger partial charge in [-0.15, -0.1) is 0 Å². The maximum absolute atomic E-state index is 12.5. The van der Waals surface area contributed by atoms with Crippen LogP contribution in [0.5, 0.6) is 0 Å². The molecule has 0 aliphatic carbocycles. The highest BCUT2D eigenvalue weighted by molar-refractivity contribution is 6.05. The van der Waals surface area contributed by atoms with Crippen LogP contribution in [0.1, 0.15) is 41.8 Å². The summed E-state index contributed by atoms with van der Waals surface area (Å²) in [5.41, 5.74) is 4.29. The van der Waals surface area contributed by atoms with Crippen LogP contribution in [0.3, 0.4) is 0 Å². The zero-order chi connectivity index (χ0) is 24.8. The van der Waals surface area contributed by atoms with Gasteiger partial charge in [0.05, 0.1) is 23.7 Å². The molecule has 0 fully saturated rings. The van der Waals surface area contributed by atoms with Gasteiger partial charge in [-0.2, -0.15) is 5.26 Å². The van der Waals surface area contributed by atoms with Gasteiger partial charge in [0, 0.05) is 29.9 Å². The number of hydrogen-bond acceptors (Lipinski definition) is 5. The van der Waals surface area contributed by atoms with Crippen molar-refractivity contribution in [2.75, 3.05) is 6.54 Å². The van der Waals surface area contributed by atoms with Crippen LogP contribution in [-0.2, 0) is 10.2 Å². The van der Waals surface area contributed by atoms with Gasteiger partial charge < -0.3 is 10.6 Å². The van der Waals surface area contributed by atoms with Crippen LogP contribution in [0.4, 0.5) is 0 Å². The fourth-order valence-corrected chi connectivity index (χ4v) is 3.68. The van der Waals surface area contributed by atoms with Crippen molar-refractivity contribution in [2.45, 2.75) is 25.7 Å². The fraction of sp³-hybridized carbons (Fsp3) is 0.179. The second-order valence-electron chi connectivity index (χ2n) is 8.72. The Balaban J connectivity index is 1.34. The first-order valence-electron chi connectivity index (χ1n) is 11.2. The monoisotopic (exact) mass is 463 g/mol. The molecule has 35 heavy (non-hydrogen) atoms. The molecule has 1 aliphatic heterocycles. The lowest BCUT2D eigenvalue weighted by atomic mass is 9.85. The normalized spacial score (nSPS) is 12.8. The van der Waals surface area contributed by atoms with E-state index in [2.05, 4.69) is 32.7 Å². The Hall–Kier alpha value is -4.57. The topological polar surface area (TPSA) is 107 Å². The summed E-state index contributed by atoms with van der Waals surface area (Å²) in [4.78, 5) is 33.5. The number of carbonyl (C=O) groups is 2. The summed E-state index contributed by atoms with van der Waals surface area (Å²) in [5.74, 6) is -0.201. The average molecular weight is 464 g/mol. The largest absolute Gasteiger partial charge is 0.343 e. The third-order valence-electron chi connectivity index (χ3n) is 5.74. The second-order valence-corrected chi connectivity index (χ2v) is 8.72. The first-order valence-corrected chi connectivity index (χ1v) is 11.2. The zero-order valence-electron chi connectivity index (χ0n) is 19.6. The summed E-state index contributed by atoms with van der Waals surface area (Å²) < 4.78 is 0. The van der Waals surface area contributed by atoms with Crippen LogP contribution in [0.2, 0.25) is 0 Å². The SMILES string of the molecule is CC(C)(C#N)c1cccc(C(=O)NCC(=O)NC2=NC(c3cccc(-c4ccncc4)c3)=CC2)c1. The van der Waals surface area contributed by atoms with Gasteiger partial charge in [-0.1, -0.05) is 36.4 Å². The molecule has 0 radical (unpaired) electrons. The lowest BCUT2D eigenvalue weighted by molar-refractivity contribution is -0.118. The minimum absolute atomic E-state index is 0.184. The van der Waals surface area contributed by atoms with E-state index in [9.17, 15) is 14.9 Å². The van der Waals surface area contributed by atoms with Crippen LogP contribution in [0.15, 0.2) is 84.1 Å². The molecule has 174 valence electrons. The molecule has 7 nitrogen and oxygen atoms in total. The molecule has 0 spiro atoms. The molecule has 2 aromatic carbocycles. The van der Waals surface area contributed by atoms with Crippen LogP contribution in [-0.4, -0.2) is 29.2 Å². The summed E-state index contributed by atoms with van der Waals surface area (Å²) in [6, 6.07) is 21.0. The third-order valence-corrected chi connectivity index (χ3v) is 5.74. The van der Waals surface area contributed by atoms with E-state index in [-0.39, 0.29) is 18.4 Å². The first kappa shape index (κ1) is 23.6. The average Bonchev–Trinajstić information content (AvgIpc) is 3.36. The summed E-state index contributed by atoms with van der Waals surface area (Å²) in [7, 11) is 0. The van der Waals surface area contributed by atoms with Crippen LogP contribution >= 0.6 is 0 Å². The Bertz CT molecular complexity index is 1370. The number of carbonyl (C=O) groups excluding carboxylic acids is 2. The van der Waals surface area contributed by atoms with Gasteiger partial charge in [-0.25, -0.2) is 4.99 Å². The zero-order valence-corrected chi connectivity index (χ0v) is 19.6. The Morgan fingerprint density at radius 1 is 1.00 bits per heavy atom. The summed E-state index contributed by atoms with van der Waals surface area (Å²) in [6.45, 7) is 3.39. The van der Waals surface area contributed by atoms with Crippen LogP contribution in [0.25, 0.3) is 16.8 Å². The van der Waals surface area contributed by atoms with Crippen molar-refractivity contribution in [3.05, 3.63) is 95.8 Å². The Kier molecular flexibility index (Phi) is 6.83. The van der Waals surface area contributed by atoms with E-state index < -0.39 is 5.41 Å². The van der Waals surface area contributed by atoms with E-state index in [1.54, 1.807) is 44.4 Å². The van der Waals surface area contributed by atoms with Crippen molar-refractivity contribution in [3.63, 3.8) is 0 Å². The Morgan fingerprint density at radius 3 is 2.51 bits per heavy atom. The predicted molar refractivity (Wildman–Crippen MR) is 135 cm³/mol. The van der Waals surface area contributed by atoms with Gasteiger partial charge in [0.2, 0.25) is 5.91 Å². The van der Waals surface area contributed by atoms with Gasteiger partial charge in [0.1, 0.15) is 5.84 Å². The van der Waals surface area contributed by atoms with E-state index in [0.717, 1.165) is 28.0 Å². The van der Waals surface area contributed by atoms with Gasteiger partial charge in [-0.05, 0) is 60.9 Å². The van der Waals surface area contributed by atoms with Crippen molar-refractivity contribution in [2.24, 2.45) is 4.99 Å². The van der Waals surface area contributed by atoms with E-state index in [0.29, 0.717) is 17.8 Å². The number of pyridine rings is 1. The molecule has 3 aromatic rings. The van der Waals surface area contributed by atoms with Crippen LogP contribution < -0.4 is 10.6 Å². The van der Waals surface area contributed by atoms with Crippen molar-refractivity contribution < 1.29 is 9.59 Å². The number of aliphatic imine (C=N–C) groups is 1. The molecule has 2 N–H and O–H groups in total. The maximum atomic E-state index is 12.5. The molecule has 1 aromatic heterocycles. The lowest BCUT2D eigenvalue weighted by Crippen LogP contribution is -2.39. The fourth-order valence-electron chi connectivity index (χ4n) is 3.68. The van der Waals surface area contributed by atoms with E-state index in [4.69, 9.17) is 0 Å².